The maximum absolute atomic E-state index is 12.2. The number of hydrogen-bond donors (Lipinski definition) is 0. The van der Waals surface area contributed by atoms with Gasteiger partial charge in [0, 0.05) is 0 Å². The quantitative estimate of drug-likeness (QED) is 0.310. The molecule has 0 radical (unpaired) electrons. The fraction of sp³-hybridized carbons (Fsp3) is 0.938. The molecule has 0 aliphatic heterocycles. The van der Waals surface area contributed by atoms with E-state index in [-0.39, 0.29) is 0 Å². The Morgan fingerprint density at radius 3 is 1.12 bits per heavy atom. The van der Waals surface area contributed by atoms with Crippen molar-refractivity contribution in [3.05, 3.63) is 12.2 Å². The maximum atomic E-state index is 12.2. The van der Waals surface area contributed by atoms with Crippen molar-refractivity contribution in [2.24, 2.45) is 47.3 Å². The van der Waals surface area contributed by atoms with E-state index in [1.807, 2.05) is 0 Å². The predicted molar refractivity (Wildman–Crippen MR) is 141 cm³/mol. The summed E-state index contributed by atoms with van der Waals surface area (Å²) < 4.78 is 24.5. The van der Waals surface area contributed by atoms with Crippen LogP contribution in [0.4, 0.5) is 8.78 Å². The second kappa shape index (κ2) is 13.8. The number of halogens is 2. The van der Waals surface area contributed by atoms with Crippen LogP contribution < -0.4 is 0 Å². The summed E-state index contributed by atoms with van der Waals surface area (Å²) in [5.41, 5.74) is 0. The minimum absolute atomic E-state index is 0.573. The number of hydrogen-bond acceptors (Lipinski definition) is 0. The van der Waals surface area contributed by atoms with Gasteiger partial charge in [-0.1, -0.05) is 110 Å². The van der Waals surface area contributed by atoms with E-state index in [4.69, 9.17) is 0 Å². The van der Waals surface area contributed by atoms with Crippen molar-refractivity contribution in [3.63, 3.8) is 0 Å². The van der Waals surface area contributed by atoms with Crippen molar-refractivity contribution in [2.75, 3.05) is 0 Å². The van der Waals surface area contributed by atoms with E-state index in [0.29, 0.717) is 12.3 Å². The van der Waals surface area contributed by atoms with Crippen molar-refractivity contribution in [1.82, 2.24) is 0 Å². The molecule has 0 spiro atoms. The third kappa shape index (κ3) is 8.92. The highest BCUT2D eigenvalue weighted by atomic mass is 19.3. The molecule has 196 valence electrons. The van der Waals surface area contributed by atoms with Gasteiger partial charge in [-0.3, -0.25) is 0 Å². The van der Waals surface area contributed by atoms with Crippen LogP contribution in [0, 0.1) is 47.3 Å². The molecule has 4 aliphatic rings. The van der Waals surface area contributed by atoms with Gasteiger partial charge >= 0.3 is 0 Å². The smallest absolute Gasteiger partial charge is 0.174 e. The Balaban J connectivity index is 1.05. The molecule has 4 fully saturated rings. The molecule has 0 saturated heterocycles. The molecular weight excluding hydrogens is 422 g/mol. The summed E-state index contributed by atoms with van der Waals surface area (Å²) in [5, 5.41) is 0. The van der Waals surface area contributed by atoms with E-state index < -0.39 is 6.08 Å². The molecule has 4 aliphatic carbocycles. The molecular formula is C32H54F2. The number of allylic oxidation sites excluding steroid dienone is 1. The van der Waals surface area contributed by atoms with E-state index in [2.05, 4.69) is 6.92 Å². The van der Waals surface area contributed by atoms with Crippen molar-refractivity contribution in [2.45, 2.75) is 142 Å². The van der Waals surface area contributed by atoms with Crippen LogP contribution in [0.15, 0.2) is 12.2 Å². The van der Waals surface area contributed by atoms with Crippen molar-refractivity contribution in [1.29, 1.82) is 0 Å². The lowest BCUT2D eigenvalue weighted by Gasteiger charge is -2.37. The first-order valence-electron chi connectivity index (χ1n) is 15.5. The maximum Gasteiger partial charge on any atom is 0.266 e. The molecule has 34 heavy (non-hydrogen) atoms. The zero-order valence-electron chi connectivity index (χ0n) is 22.3. The highest BCUT2D eigenvalue weighted by Gasteiger charge is 2.30. The van der Waals surface area contributed by atoms with E-state index >= 15 is 0 Å². The molecule has 0 amide bonds. The summed E-state index contributed by atoms with van der Waals surface area (Å²) in [6.07, 6.45) is 29.1. The molecule has 0 N–H and O–H groups in total. The Hall–Kier alpha value is -0.400. The Kier molecular flexibility index (Phi) is 10.8. The molecule has 0 bridgehead atoms. The molecule has 0 unspecified atom stereocenters. The summed E-state index contributed by atoms with van der Waals surface area (Å²) in [7, 11) is 0. The second-order valence-electron chi connectivity index (χ2n) is 13.6. The van der Waals surface area contributed by atoms with E-state index in [1.165, 1.54) is 109 Å². The molecule has 0 aromatic carbocycles. The van der Waals surface area contributed by atoms with Gasteiger partial charge in [0.25, 0.3) is 6.08 Å². The lowest BCUT2D eigenvalue weighted by atomic mass is 9.69. The first kappa shape index (κ1) is 26.7. The summed E-state index contributed by atoms with van der Waals surface area (Å²) in [6, 6.07) is 0. The van der Waals surface area contributed by atoms with Crippen LogP contribution in [0.25, 0.3) is 0 Å². The topological polar surface area (TPSA) is 0 Å². The van der Waals surface area contributed by atoms with E-state index in [9.17, 15) is 8.78 Å². The van der Waals surface area contributed by atoms with Gasteiger partial charge in [0.05, 0.1) is 0 Å². The monoisotopic (exact) mass is 476 g/mol. The molecule has 4 saturated carbocycles. The van der Waals surface area contributed by atoms with E-state index in [1.54, 1.807) is 12.8 Å². The average Bonchev–Trinajstić information content (AvgIpc) is 2.84. The van der Waals surface area contributed by atoms with Crippen LogP contribution in [0.2, 0.25) is 0 Å². The Morgan fingerprint density at radius 1 is 0.500 bits per heavy atom. The van der Waals surface area contributed by atoms with Gasteiger partial charge in [-0.25, -0.2) is 0 Å². The van der Waals surface area contributed by atoms with Gasteiger partial charge in [0.15, 0.2) is 0 Å². The Labute approximate surface area is 210 Å². The van der Waals surface area contributed by atoms with Crippen molar-refractivity contribution in [3.8, 4) is 0 Å². The Bertz CT molecular complexity index is 576. The van der Waals surface area contributed by atoms with Gasteiger partial charge in [0.2, 0.25) is 0 Å². The van der Waals surface area contributed by atoms with Crippen LogP contribution >= 0.6 is 0 Å². The standard InChI is InChI=1S/C32H54F2/c1-24-5-7-26(8-6-24)21-28-13-15-30(16-14-28)23-31-19-17-29(18-20-31)22-27-11-9-25(10-12-27)3-2-4-32(33)34/h4,24-31H,2-3,5-23H2,1H3. The van der Waals surface area contributed by atoms with Crippen LogP contribution in [-0.2, 0) is 0 Å². The van der Waals surface area contributed by atoms with Gasteiger partial charge in [-0.15, -0.1) is 0 Å². The molecule has 2 heteroatoms. The minimum Gasteiger partial charge on any atom is -0.174 e. The summed E-state index contributed by atoms with van der Waals surface area (Å²) >= 11 is 0. The van der Waals surface area contributed by atoms with Crippen molar-refractivity contribution < 1.29 is 8.78 Å². The molecule has 0 aromatic rings. The SMILES string of the molecule is CC1CCC(CC2CCC(CC3CCC(CC4CCC(CCC=C(F)F)CC4)CC3)CC2)CC1. The first-order chi connectivity index (χ1) is 16.5. The summed E-state index contributed by atoms with van der Waals surface area (Å²) in [4.78, 5) is 0. The molecule has 0 nitrogen and oxygen atoms in total. The summed E-state index contributed by atoms with van der Waals surface area (Å²) in [6.45, 7) is 2.45. The van der Waals surface area contributed by atoms with E-state index in [0.717, 1.165) is 53.9 Å². The third-order valence-electron chi connectivity index (χ3n) is 10.9. The molecule has 4 rings (SSSR count). The Morgan fingerprint density at radius 2 is 0.794 bits per heavy atom. The minimum atomic E-state index is -1.50. The second-order valence-corrected chi connectivity index (χ2v) is 13.6. The first-order valence-corrected chi connectivity index (χ1v) is 15.5. The largest absolute Gasteiger partial charge is 0.266 e. The van der Waals surface area contributed by atoms with Crippen LogP contribution in [0.1, 0.15) is 142 Å². The van der Waals surface area contributed by atoms with Crippen LogP contribution in [-0.4, -0.2) is 0 Å². The highest BCUT2D eigenvalue weighted by Crippen LogP contribution is 2.44. The molecule has 0 heterocycles. The van der Waals surface area contributed by atoms with Gasteiger partial charge in [-0.05, 0) is 85.5 Å². The zero-order chi connectivity index (χ0) is 23.8. The average molecular weight is 477 g/mol. The zero-order valence-corrected chi connectivity index (χ0v) is 22.3. The molecule has 0 aromatic heterocycles. The lowest BCUT2D eigenvalue weighted by Crippen LogP contribution is -2.24. The lowest BCUT2D eigenvalue weighted by molar-refractivity contribution is 0.153. The normalized spacial score (nSPS) is 39.5. The number of rotatable bonds is 9. The van der Waals surface area contributed by atoms with Gasteiger partial charge < -0.3 is 0 Å². The van der Waals surface area contributed by atoms with Gasteiger partial charge in [-0.2, -0.15) is 8.78 Å². The fourth-order valence-electron chi connectivity index (χ4n) is 8.57. The molecule has 0 atom stereocenters. The van der Waals surface area contributed by atoms with Crippen LogP contribution in [0.5, 0.6) is 0 Å². The fourth-order valence-corrected chi connectivity index (χ4v) is 8.57. The predicted octanol–water partition coefficient (Wildman–Crippen LogP) is 11.0. The van der Waals surface area contributed by atoms with Crippen molar-refractivity contribution >= 4 is 0 Å². The van der Waals surface area contributed by atoms with Crippen LogP contribution in [0.3, 0.4) is 0 Å². The third-order valence-corrected chi connectivity index (χ3v) is 10.9. The van der Waals surface area contributed by atoms with Gasteiger partial charge in [0.1, 0.15) is 0 Å². The summed E-state index contributed by atoms with van der Waals surface area (Å²) in [5.74, 6) is 7.78. The highest BCUT2D eigenvalue weighted by molar-refractivity contribution is 4.84.